The molecule has 2 rings (SSSR count). The lowest BCUT2D eigenvalue weighted by molar-refractivity contribution is 0.767. The van der Waals surface area contributed by atoms with Crippen molar-refractivity contribution in [2.45, 2.75) is 26.7 Å². The number of rotatable bonds is 3. The summed E-state index contributed by atoms with van der Waals surface area (Å²) in [5, 5.41) is 4.65. The zero-order chi connectivity index (χ0) is 12.4. The van der Waals surface area contributed by atoms with Crippen LogP contribution in [0.5, 0.6) is 0 Å². The highest BCUT2D eigenvalue weighted by atomic mass is 35.5. The van der Waals surface area contributed by atoms with Gasteiger partial charge in [0.2, 0.25) is 5.95 Å². The third-order valence-corrected chi connectivity index (χ3v) is 2.46. The van der Waals surface area contributed by atoms with E-state index in [1.165, 1.54) is 0 Å². The van der Waals surface area contributed by atoms with E-state index in [0.29, 0.717) is 11.0 Å². The molecule has 2 aromatic heterocycles. The van der Waals surface area contributed by atoms with Gasteiger partial charge in [-0.05, 0) is 0 Å². The van der Waals surface area contributed by atoms with Crippen LogP contribution in [0.2, 0.25) is 5.15 Å². The van der Waals surface area contributed by atoms with Crippen LogP contribution < -0.4 is 5.73 Å². The van der Waals surface area contributed by atoms with Crippen molar-refractivity contribution in [3.8, 4) is 5.82 Å². The number of hydrogen-bond donors (Lipinski definition) is 1. The Hall–Kier alpha value is -1.69. The average Bonchev–Trinajstić information content (AvgIpc) is 2.70. The van der Waals surface area contributed by atoms with Crippen molar-refractivity contribution in [1.82, 2.24) is 24.7 Å². The molecule has 17 heavy (non-hydrogen) atoms. The fraction of sp³-hybridized carbons (Fsp3) is 0.400. The highest BCUT2D eigenvalue weighted by Crippen LogP contribution is 2.14. The number of nitrogens with two attached hydrogens (primary N) is 1. The fourth-order valence-electron chi connectivity index (χ4n) is 1.49. The highest BCUT2D eigenvalue weighted by molar-refractivity contribution is 6.29. The first kappa shape index (κ1) is 11.8. The molecule has 0 aliphatic rings. The van der Waals surface area contributed by atoms with Crippen molar-refractivity contribution in [2.75, 3.05) is 5.73 Å². The van der Waals surface area contributed by atoms with Gasteiger partial charge in [0.05, 0.1) is 0 Å². The lowest BCUT2D eigenvalue weighted by atomic mass is 10.4. The lowest BCUT2D eigenvalue weighted by Gasteiger charge is -2.04. The molecular weight excluding hydrogens is 240 g/mol. The van der Waals surface area contributed by atoms with Crippen LogP contribution >= 0.6 is 11.6 Å². The summed E-state index contributed by atoms with van der Waals surface area (Å²) >= 11 is 5.84. The molecule has 0 atom stereocenters. The van der Waals surface area contributed by atoms with Gasteiger partial charge in [-0.1, -0.05) is 25.4 Å². The van der Waals surface area contributed by atoms with Crippen LogP contribution in [0.25, 0.3) is 5.82 Å². The van der Waals surface area contributed by atoms with E-state index in [9.17, 15) is 0 Å². The molecule has 0 saturated carbocycles. The Morgan fingerprint density at radius 3 is 2.59 bits per heavy atom. The van der Waals surface area contributed by atoms with Gasteiger partial charge in [-0.3, -0.25) is 0 Å². The number of nitrogen functional groups attached to an aromatic ring is 1. The number of hydrogen-bond acceptors (Lipinski definition) is 5. The second kappa shape index (κ2) is 4.67. The van der Waals surface area contributed by atoms with Crippen LogP contribution in [0.4, 0.5) is 5.95 Å². The van der Waals surface area contributed by atoms with Crippen LogP contribution in [-0.4, -0.2) is 24.7 Å². The van der Waals surface area contributed by atoms with E-state index in [1.807, 2.05) is 13.8 Å². The smallest absolute Gasteiger partial charge is 0.223 e. The molecule has 0 aliphatic heterocycles. The third-order valence-electron chi connectivity index (χ3n) is 2.27. The summed E-state index contributed by atoms with van der Waals surface area (Å²) in [6.07, 6.45) is 1.53. The van der Waals surface area contributed by atoms with E-state index in [4.69, 9.17) is 17.3 Å². The van der Waals surface area contributed by atoms with Gasteiger partial charge in [0.1, 0.15) is 11.0 Å². The Morgan fingerprint density at radius 1 is 1.24 bits per heavy atom. The maximum absolute atomic E-state index is 5.84. The van der Waals surface area contributed by atoms with Gasteiger partial charge in [0, 0.05) is 18.9 Å². The first-order valence-corrected chi connectivity index (χ1v) is 5.77. The van der Waals surface area contributed by atoms with E-state index in [1.54, 1.807) is 10.7 Å². The van der Waals surface area contributed by atoms with Crippen LogP contribution in [0.1, 0.15) is 25.5 Å². The van der Waals surface area contributed by atoms with Crippen LogP contribution in [0.3, 0.4) is 0 Å². The molecular formula is C10H13ClN6. The van der Waals surface area contributed by atoms with Crippen molar-refractivity contribution >= 4 is 17.5 Å². The molecule has 2 N–H and O–H groups in total. The zero-order valence-corrected chi connectivity index (χ0v) is 10.4. The van der Waals surface area contributed by atoms with Gasteiger partial charge in [0.25, 0.3) is 0 Å². The number of aromatic nitrogens is 5. The van der Waals surface area contributed by atoms with Crippen LogP contribution in [0, 0.1) is 0 Å². The Labute approximate surface area is 104 Å². The van der Waals surface area contributed by atoms with Crippen molar-refractivity contribution < 1.29 is 0 Å². The quantitative estimate of drug-likeness (QED) is 0.836. The normalized spacial score (nSPS) is 10.8. The van der Waals surface area contributed by atoms with E-state index >= 15 is 0 Å². The van der Waals surface area contributed by atoms with Crippen molar-refractivity contribution in [2.24, 2.45) is 0 Å². The van der Waals surface area contributed by atoms with Crippen LogP contribution in [-0.2, 0) is 12.8 Å². The summed E-state index contributed by atoms with van der Waals surface area (Å²) in [6.45, 7) is 4.01. The number of aryl methyl sites for hydroxylation is 2. The maximum atomic E-state index is 5.84. The van der Waals surface area contributed by atoms with E-state index in [-0.39, 0.29) is 5.95 Å². The summed E-state index contributed by atoms with van der Waals surface area (Å²) in [4.78, 5) is 12.3. The summed E-state index contributed by atoms with van der Waals surface area (Å²) in [5.41, 5.74) is 5.56. The SMILES string of the molecule is CCc1nc(CC)n(-c2cc(Cl)nc(N)n2)n1. The minimum atomic E-state index is 0.128. The molecule has 6 nitrogen and oxygen atoms in total. The van der Waals surface area contributed by atoms with Gasteiger partial charge in [0.15, 0.2) is 11.6 Å². The first-order valence-electron chi connectivity index (χ1n) is 5.39. The number of halogens is 1. The second-order valence-electron chi connectivity index (χ2n) is 3.47. The van der Waals surface area contributed by atoms with E-state index in [2.05, 4.69) is 20.1 Å². The molecule has 0 radical (unpaired) electrons. The Balaban J connectivity index is 2.54. The molecule has 0 unspecified atom stereocenters. The summed E-state index contributed by atoms with van der Waals surface area (Å²) in [5.74, 6) is 2.28. The molecule has 0 spiro atoms. The van der Waals surface area contributed by atoms with Gasteiger partial charge < -0.3 is 5.73 Å². The minimum absolute atomic E-state index is 0.128. The van der Waals surface area contributed by atoms with Gasteiger partial charge in [-0.15, -0.1) is 5.10 Å². The minimum Gasteiger partial charge on any atom is -0.368 e. The van der Waals surface area contributed by atoms with Gasteiger partial charge >= 0.3 is 0 Å². The summed E-state index contributed by atoms with van der Waals surface area (Å²) in [6, 6.07) is 1.62. The maximum Gasteiger partial charge on any atom is 0.223 e. The van der Waals surface area contributed by atoms with Crippen molar-refractivity contribution in [3.63, 3.8) is 0 Å². The molecule has 0 amide bonds. The Morgan fingerprint density at radius 2 is 2.00 bits per heavy atom. The predicted molar refractivity (Wildman–Crippen MR) is 65.1 cm³/mol. The molecule has 0 saturated heterocycles. The molecule has 7 heteroatoms. The van der Waals surface area contributed by atoms with Crippen molar-refractivity contribution in [1.29, 1.82) is 0 Å². The van der Waals surface area contributed by atoms with Crippen LogP contribution in [0.15, 0.2) is 6.07 Å². The summed E-state index contributed by atoms with van der Waals surface area (Å²) < 4.78 is 1.66. The molecule has 90 valence electrons. The molecule has 0 bridgehead atoms. The predicted octanol–water partition coefficient (Wildman–Crippen LogP) is 1.42. The largest absolute Gasteiger partial charge is 0.368 e. The molecule has 0 aliphatic carbocycles. The number of nitrogens with zero attached hydrogens (tertiary/aromatic N) is 5. The number of anilines is 1. The Kier molecular flexibility index (Phi) is 3.23. The van der Waals surface area contributed by atoms with Crippen molar-refractivity contribution in [3.05, 3.63) is 22.9 Å². The fourth-order valence-corrected chi connectivity index (χ4v) is 1.67. The average molecular weight is 253 g/mol. The second-order valence-corrected chi connectivity index (χ2v) is 3.86. The molecule has 2 aromatic rings. The highest BCUT2D eigenvalue weighted by Gasteiger charge is 2.11. The molecule has 0 aromatic carbocycles. The standard InChI is InChI=1S/C10H13ClN6/c1-3-7-14-8(4-2)17(16-7)9-5-6(11)13-10(12)15-9/h5H,3-4H2,1-2H3,(H2,12,13,15). The first-order chi connectivity index (χ1) is 8.13. The van der Waals surface area contributed by atoms with Gasteiger partial charge in [-0.2, -0.15) is 9.67 Å². The molecule has 0 fully saturated rings. The Bertz CT molecular complexity index is 515. The lowest BCUT2D eigenvalue weighted by Crippen LogP contribution is -2.07. The molecule has 2 heterocycles. The summed E-state index contributed by atoms with van der Waals surface area (Å²) in [7, 11) is 0. The van der Waals surface area contributed by atoms with E-state index in [0.717, 1.165) is 24.5 Å². The van der Waals surface area contributed by atoms with Gasteiger partial charge in [-0.25, -0.2) is 9.97 Å². The topological polar surface area (TPSA) is 82.5 Å². The monoisotopic (exact) mass is 252 g/mol. The zero-order valence-electron chi connectivity index (χ0n) is 9.68. The van der Waals surface area contributed by atoms with E-state index < -0.39 is 0 Å². The third kappa shape index (κ3) is 2.36.